The third-order valence-electron chi connectivity index (χ3n) is 6.53. The van der Waals surface area contributed by atoms with Gasteiger partial charge in [-0.15, -0.1) is 5.10 Å². The maximum Gasteiger partial charge on any atom is 0.341 e. The fourth-order valence-corrected chi connectivity index (χ4v) is 4.82. The molecule has 2 amide bonds. The molecule has 4 heterocycles. The highest BCUT2D eigenvalue weighted by atomic mass is 16.2. The number of likely N-dealkylation sites (tertiary alicyclic amines) is 2. The molecule has 2 saturated heterocycles. The lowest BCUT2D eigenvalue weighted by Crippen LogP contribution is -2.52. The minimum absolute atomic E-state index is 0.0334. The predicted molar refractivity (Wildman–Crippen MR) is 109 cm³/mol. The molecule has 0 radical (unpaired) electrons. The molecule has 4 rings (SSSR count). The van der Waals surface area contributed by atoms with E-state index in [0.29, 0.717) is 25.2 Å². The molecule has 10 nitrogen and oxygen atoms in total. The summed E-state index contributed by atoms with van der Waals surface area (Å²) in [6.07, 6.45) is 5.37. The van der Waals surface area contributed by atoms with Gasteiger partial charge in [0, 0.05) is 37.9 Å². The van der Waals surface area contributed by atoms with Crippen LogP contribution < -0.4 is 5.69 Å². The van der Waals surface area contributed by atoms with Gasteiger partial charge in [-0.2, -0.15) is 5.10 Å². The zero-order valence-corrected chi connectivity index (χ0v) is 17.8. The third-order valence-corrected chi connectivity index (χ3v) is 6.53. The molecule has 2 N–H and O–H groups in total. The molecule has 162 valence electrons. The molecule has 2 aromatic heterocycles. The molecule has 0 unspecified atom stereocenters. The predicted octanol–water partition coefficient (Wildman–Crippen LogP) is 1.34. The zero-order valence-electron chi connectivity index (χ0n) is 17.8. The van der Waals surface area contributed by atoms with Crippen LogP contribution in [0, 0.1) is 12.3 Å². The zero-order chi connectivity index (χ0) is 21.5. The van der Waals surface area contributed by atoms with Crippen molar-refractivity contribution in [2.24, 2.45) is 5.41 Å². The first-order chi connectivity index (χ1) is 14.3. The molecule has 2 aliphatic heterocycles. The van der Waals surface area contributed by atoms with E-state index in [-0.39, 0.29) is 29.1 Å². The maximum atomic E-state index is 13.2. The molecule has 0 bridgehead atoms. The molecule has 2 aromatic rings. The van der Waals surface area contributed by atoms with Gasteiger partial charge in [-0.1, -0.05) is 0 Å². The highest BCUT2D eigenvalue weighted by Crippen LogP contribution is 2.40. The normalized spacial score (nSPS) is 18.9. The smallest absolute Gasteiger partial charge is 0.338 e. The Morgan fingerprint density at radius 2 is 1.83 bits per heavy atom. The van der Waals surface area contributed by atoms with Crippen molar-refractivity contribution in [2.75, 3.05) is 26.2 Å². The van der Waals surface area contributed by atoms with Gasteiger partial charge in [-0.3, -0.25) is 19.3 Å². The first kappa shape index (κ1) is 20.4. The number of aromatic amines is 2. The summed E-state index contributed by atoms with van der Waals surface area (Å²) in [6.45, 7) is 8.71. The number of nitrogens with zero attached hydrogens (tertiary/aromatic N) is 5. The lowest BCUT2D eigenvalue weighted by atomic mass is 9.72. The monoisotopic (exact) mass is 415 g/mol. The number of hydrogen-bond donors (Lipinski definition) is 2. The molecule has 1 spiro atoms. The van der Waals surface area contributed by atoms with Gasteiger partial charge in [0.25, 0.3) is 11.8 Å². The van der Waals surface area contributed by atoms with E-state index >= 15 is 0 Å². The van der Waals surface area contributed by atoms with Crippen LogP contribution in [0.4, 0.5) is 0 Å². The van der Waals surface area contributed by atoms with Crippen molar-refractivity contribution in [3.05, 3.63) is 33.8 Å². The Labute approximate surface area is 174 Å². The average molecular weight is 415 g/mol. The summed E-state index contributed by atoms with van der Waals surface area (Å²) in [4.78, 5) is 43.1. The Hall–Kier alpha value is -2.91. The molecular weight excluding hydrogens is 386 g/mol. The first-order valence-corrected chi connectivity index (χ1v) is 10.6. The van der Waals surface area contributed by atoms with Crippen molar-refractivity contribution in [1.82, 2.24) is 34.8 Å². The summed E-state index contributed by atoms with van der Waals surface area (Å²) in [7, 11) is 0. The van der Waals surface area contributed by atoms with Crippen LogP contribution in [0.2, 0.25) is 0 Å². The Morgan fingerprint density at radius 1 is 1.10 bits per heavy atom. The van der Waals surface area contributed by atoms with E-state index in [2.05, 4.69) is 34.1 Å². The Balaban J connectivity index is 1.42. The standard InChI is InChI=1S/C20H29N7O3/c1-13(2)27-14(3)15(11-21-27)17(28)26-8-4-5-20(12-26)6-9-25(10-7-20)18(29)16-22-19(30)24-23-16/h11,13H,4-10,12H2,1-3H3,(H2,22,23,24,30). The minimum Gasteiger partial charge on any atom is -0.338 e. The van der Waals surface area contributed by atoms with Crippen LogP contribution in [0.25, 0.3) is 0 Å². The van der Waals surface area contributed by atoms with Gasteiger partial charge in [-0.25, -0.2) is 9.89 Å². The van der Waals surface area contributed by atoms with Crippen molar-refractivity contribution >= 4 is 11.8 Å². The van der Waals surface area contributed by atoms with Crippen LogP contribution >= 0.6 is 0 Å². The highest BCUT2D eigenvalue weighted by Gasteiger charge is 2.41. The van der Waals surface area contributed by atoms with Crippen LogP contribution in [0.1, 0.15) is 72.2 Å². The molecule has 10 heteroatoms. The van der Waals surface area contributed by atoms with Crippen molar-refractivity contribution in [3.63, 3.8) is 0 Å². The lowest BCUT2D eigenvalue weighted by molar-refractivity contribution is 0.0197. The number of H-pyrrole nitrogens is 2. The number of carbonyl (C=O) groups excluding carboxylic acids is 2. The van der Waals surface area contributed by atoms with E-state index in [0.717, 1.165) is 37.9 Å². The van der Waals surface area contributed by atoms with Crippen LogP contribution in [0.5, 0.6) is 0 Å². The average Bonchev–Trinajstić information content (AvgIpc) is 3.33. The largest absolute Gasteiger partial charge is 0.341 e. The van der Waals surface area contributed by atoms with E-state index in [9.17, 15) is 14.4 Å². The van der Waals surface area contributed by atoms with Gasteiger partial charge >= 0.3 is 5.69 Å². The van der Waals surface area contributed by atoms with Gasteiger partial charge in [0.1, 0.15) is 0 Å². The van der Waals surface area contributed by atoms with E-state index in [1.807, 2.05) is 16.5 Å². The van der Waals surface area contributed by atoms with Gasteiger partial charge in [0.2, 0.25) is 5.82 Å². The molecule has 0 saturated carbocycles. The van der Waals surface area contributed by atoms with E-state index in [1.165, 1.54) is 0 Å². The minimum atomic E-state index is -0.482. The van der Waals surface area contributed by atoms with Crippen LogP contribution in [-0.2, 0) is 0 Å². The number of piperidine rings is 2. The topological polar surface area (TPSA) is 120 Å². The molecule has 0 aromatic carbocycles. The van der Waals surface area contributed by atoms with E-state index in [1.54, 1.807) is 11.1 Å². The third kappa shape index (κ3) is 3.66. The lowest BCUT2D eigenvalue weighted by Gasteiger charge is -2.47. The molecule has 2 aliphatic rings. The number of carbonyl (C=O) groups is 2. The fourth-order valence-electron chi connectivity index (χ4n) is 4.82. The second-order valence-electron chi connectivity index (χ2n) is 8.83. The van der Waals surface area contributed by atoms with Crippen LogP contribution in [0.3, 0.4) is 0 Å². The van der Waals surface area contributed by atoms with Crippen LogP contribution in [0.15, 0.2) is 11.0 Å². The van der Waals surface area contributed by atoms with Crippen molar-refractivity contribution < 1.29 is 9.59 Å². The van der Waals surface area contributed by atoms with Crippen molar-refractivity contribution in [2.45, 2.75) is 52.5 Å². The van der Waals surface area contributed by atoms with Gasteiger partial charge in [-0.05, 0) is 51.9 Å². The Morgan fingerprint density at radius 3 is 2.43 bits per heavy atom. The number of nitrogens with one attached hydrogen (secondary N) is 2. The molecular formula is C20H29N7O3. The molecule has 2 fully saturated rings. The van der Waals surface area contributed by atoms with Crippen LogP contribution in [-0.4, -0.2) is 72.8 Å². The Kier molecular flexibility index (Phi) is 5.25. The first-order valence-electron chi connectivity index (χ1n) is 10.6. The van der Waals surface area contributed by atoms with E-state index < -0.39 is 5.69 Å². The van der Waals surface area contributed by atoms with Gasteiger partial charge in [0.15, 0.2) is 0 Å². The Bertz CT molecular complexity index is 994. The number of rotatable bonds is 3. The van der Waals surface area contributed by atoms with Crippen molar-refractivity contribution in [3.8, 4) is 0 Å². The highest BCUT2D eigenvalue weighted by molar-refractivity contribution is 5.95. The fraction of sp³-hybridized carbons (Fsp3) is 0.650. The summed E-state index contributed by atoms with van der Waals surface area (Å²) in [6, 6.07) is 0.213. The summed E-state index contributed by atoms with van der Waals surface area (Å²) >= 11 is 0. The molecule has 0 atom stereocenters. The van der Waals surface area contributed by atoms with Gasteiger partial charge < -0.3 is 9.80 Å². The number of hydrogen-bond acceptors (Lipinski definition) is 5. The second kappa shape index (κ2) is 7.73. The second-order valence-corrected chi connectivity index (χ2v) is 8.83. The molecule has 30 heavy (non-hydrogen) atoms. The summed E-state index contributed by atoms with van der Waals surface area (Å²) < 4.78 is 1.89. The van der Waals surface area contributed by atoms with Crippen molar-refractivity contribution in [1.29, 1.82) is 0 Å². The molecule has 0 aliphatic carbocycles. The summed E-state index contributed by atoms with van der Waals surface area (Å²) in [5.41, 5.74) is 1.13. The quantitative estimate of drug-likeness (QED) is 0.784. The van der Waals surface area contributed by atoms with E-state index in [4.69, 9.17) is 0 Å². The number of aromatic nitrogens is 5. The van der Waals surface area contributed by atoms with Gasteiger partial charge in [0.05, 0.1) is 11.8 Å². The summed E-state index contributed by atoms with van der Waals surface area (Å²) in [5, 5.41) is 10.4. The maximum absolute atomic E-state index is 13.2. The SMILES string of the molecule is Cc1c(C(=O)N2CCCC3(CCN(C(=O)c4n[nH]c(=O)[nH]4)CC3)C2)cnn1C(C)C. The number of amides is 2. The summed E-state index contributed by atoms with van der Waals surface area (Å²) in [5.74, 6) is -0.163.